The minimum Gasteiger partial charge on any atom is -0.367 e. The van der Waals surface area contributed by atoms with E-state index >= 15 is 8.78 Å². The summed E-state index contributed by atoms with van der Waals surface area (Å²) in [7, 11) is 4.03. The summed E-state index contributed by atoms with van der Waals surface area (Å²) in [5.74, 6) is -0.646. The predicted molar refractivity (Wildman–Crippen MR) is 191 cm³/mol. The molecule has 0 fully saturated rings. The lowest BCUT2D eigenvalue weighted by atomic mass is 9.96. The van der Waals surface area contributed by atoms with Gasteiger partial charge in [0.1, 0.15) is 29.0 Å². The van der Waals surface area contributed by atoms with Gasteiger partial charge in [-0.1, -0.05) is 63.4 Å². The van der Waals surface area contributed by atoms with E-state index < -0.39 is 11.7 Å². The molecule has 3 aromatic rings. The summed E-state index contributed by atoms with van der Waals surface area (Å²) in [5, 5.41) is 9.89. The summed E-state index contributed by atoms with van der Waals surface area (Å²) in [4.78, 5) is 13.2. The third-order valence-corrected chi connectivity index (χ3v) is 7.30. The van der Waals surface area contributed by atoms with Crippen LogP contribution >= 0.6 is 0 Å². The molecule has 2 aromatic carbocycles. The summed E-state index contributed by atoms with van der Waals surface area (Å²) in [6, 6.07) is 14.1. The Labute approximate surface area is 273 Å². The number of aromatic nitrogens is 2. The Morgan fingerprint density at radius 2 is 1.78 bits per heavy atom. The highest BCUT2D eigenvalue weighted by atomic mass is 19.1. The van der Waals surface area contributed by atoms with Gasteiger partial charge in [0.25, 0.3) is 0 Å². The van der Waals surface area contributed by atoms with E-state index in [1.54, 1.807) is 0 Å². The first-order valence-corrected chi connectivity index (χ1v) is 15.5. The largest absolute Gasteiger partial charge is 0.367 e. The van der Waals surface area contributed by atoms with E-state index in [2.05, 4.69) is 40.6 Å². The van der Waals surface area contributed by atoms with Crippen molar-refractivity contribution in [3.05, 3.63) is 120 Å². The average molecular weight is 628 g/mol. The fraction of sp³-hybridized carbons (Fsp3) is 0.297. The number of nitrogens with zero attached hydrogens (tertiary/aromatic N) is 4. The molecule has 1 aliphatic heterocycles. The van der Waals surface area contributed by atoms with Crippen molar-refractivity contribution in [2.75, 3.05) is 42.7 Å². The molecular formula is C37H47F2N7. The maximum atomic E-state index is 15.3. The first kappa shape index (κ1) is 35.7. The second-order valence-electron chi connectivity index (χ2n) is 11.0. The smallest absolute Gasteiger partial charge is 0.225 e. The standard InChI is InChI=1S/C35H41F2N7.C2H6/c1-9-30(36)33(31(37)10-2)44-25(6)39-21-29-32(41-35(42-34(29)44)38-18-11-19-43(7)8)28-20-26(15-14-23(28)4)24(5)40-27-16-12-22(3)13-17-27;1-2/h9-10,12-17,20,39-40H,1,5-6,11,18-19,21H2,2-4,7-8H3,(H,38,41,42);1-2H3/b31-10+,33-30-;. The minimum absolute atomic E-state index is 0.283. The number of allylic oxidation sites excluding steroid dienone is 4. The molecule has 46 heavy (non-hydrogen) atoms. The molecule has 1 aromatic heterocycles. The Morgan fingerprint density at radius 1 is 1.09 bits per heavy atom. The van der Waals surface area contributed by atoms with Gasteiger partial charge in [0.05, 0.1) is 5.69 Å². The molecule has 0 saturated heterocycles. The normalized spacial score (nSPS) is 13.2. The lowest BCUT2D eigenvalue weighted by Gasteiger charge is -2.35. The summed E-state index contributed by atoms with van der Waals surface area (Å²) >= 11 is 0. The molecule has 0 saturated carbocycles. The predicted octanol–water partition coefficient (Wildman–Crippen LogP) is 8.85. The van der Waals surface area contributed by atoms with Gasteiger partial charge < -0.3 is 20.9 Å². The Hall–Kier alpha value is -4.76. The average Bonchev–Trinajstić information content (AvgIpc) is 3.05. The SMILES string of the molecule is C=C/C(F)=C(\C(F)=C/C)N1C(=C)NCc2c(-c3cc(C(=C)Nc4ccc(C)cc4)ccc3C)nc(NCCCN(C)C)nc21.CC. The van der Waals surface area contributed by atoms with Crippen molar-refractivity contribution in [2.24, 2.45) is 0 Å². The van der Waals surface area contributed by atoms with Crippen LogP contribution in [0.3, 0.4) is 0 Å². The summed E-state index contributed by atoms with van der Waals surface area (Å²) in [5.41, 5.74) is 6.50. The van der Waals surface area contributed by atoms with Crippen LogP contribution in [-0.2, 0) is 6.54 Å². The summed E-state index contributed by atoms with van der Waals surface area (Å²) in [6.45, 7) is 23.2. The van der Waals surface area contributed by atoms with Crippen molar-refractivity contribution in [3.63, 3.8) is 0 Å². The van der Waals surface area contributed by atoms with E-state index in [0.717, 1.165) is 47.1 Å². The van der Waals surface area contributed by atoms with Crippen LogP contribution in [0.15, 0.2) is 97.5 Å². The molecule has 1 aliphatic rings. The van der Waals surface area contributed by atoms with Gasteiger partial charge in [0.15, 0.2) is 0 Å². The highest BCUT2D eigenvalue weighted by molar-refractivity contribution is 5.82. The van der Waals surface area contributed by atoms with Gasteiger partial charge in [-0.25, -0.2) is 13.8 Å². The monoisotopic (exact) mass is 627 g/mol. The van der Waals surface area contributed by atoms with Crippen LogP contribution in [0.1, 0.15) is 49.4 Å². The van der Waals surface area contributed by atoms with Gasteiger partial charge in [-0.05, 0) is 89.3 Å². The van der Waals surface area contributed by atoms with E-state index in [1.807, 2.05) is 84.3 Å². The lowest BCUT2D eigenvalue weighted by Crippen LogP contribution is -2.38. The third-order valence-electron chi connectivity index (χ3n) is 7.30. The molecule has 0 spiro atoms. The fourth-order valence-corrected chi connectivity index (χ4v) is 4.86. The van der Waals surface area contributed by atoms with Gasteiger partial charge in [-0.15, -0.1) is 0 Å². The van der Waals surface area contributed by atoms with E-state index in [0.29, 0.717) is 36.1 Å². The first-order chi connectivity index (χ1) is 22.0. The van der Waals surface area contributed by atoms with Crippen LogP contribution in [-0.4, -0.2) is 42.1 Å². The number of nitrogens with one attached hydrogen (secondary N) is 3. The number of aryl methyl sites for hydroxylation is 2. The van der Waals surface area contributed by atoms with Crippen molar-refractivity contribution >= 4 is 23.2 Å². The van der Waals surface area contributed by atoms with Crippen LogP contribution < -0.4 is 20.9 Å². The molecule has 0 aliphatic carbocycles. The van der Waals surface area contributed by atoms with Gasteiger partial charge in [0, 0.05) is 35.6 Å². The first-order valence-electron chi connectivity index (χ1n) is 15.5. The highest BCUT2D eigenvalue weighted by Gasteiger charge is 2.32. The number of anilines is 3. The van der Waals surface area contributed by atoms with Crippen molar-refractivity contribution in [1.82, 2.24) is 20.2 Å². The van der Waals surface area contributed by atoms with Crippen LogP contribution in [0.4, 0.5) is 26.2 Å². The summed E-state index contributed by atoms with van der Waals surface area (Å²) in [6.07, 6.45) is 3.02. The van der Waals surface area contributed by atoms with E-state index in [4.69, 9.17) is 9.97 Å². The quantitative estimate of drug-likeness (QED) is 0.137. The highest BCUT2D eigenvalue weighted by Crippen LogP contribution is 2.40. The minimum atomic E-state index is -0.839. The second kappa shape index (κ2) is 16.5. The molecule has 4 rings (SSSR count). The molecule has 0 amide bonds. The Kier molecular flexibility index (Phi) is 12.8. The van der Waals surface area contributed by atoms with Crippen molar-refractivity contribution in [1.29, 1.82) is 0 Å². The molecule has 0 bridgehead atoms. The molecule has 0 unspecified atom stereocenters. The van der Waals surface area contributed by atoms with Crippen molar-refractivity contribution in [2.45, 2.75) is 47.6 Å². The molecular weight excluding hydrogens is 580 g/mol. The van der Waals surface area contributed by atoms with Crippen LogP contribution in [0.2, 0.25) is 0 Å². The zero-order chi connectivity index (χ0) is 34.0. The number of fused-ring (bicyclic) bond motifs is 1. The van der Waals surface area contributed by atoms with Crippen LogP contribution in [0, 0.1) is 13.8 Å². The van der Waals surface area contributed by atoms with Crippen LogP contribution in [0.25, 0.3) is 17.0 Å². The van der Waals surface area contributed by atoms with Gasteiger partial charge in [-0.3, -0.25) is 4.90 Å². The topological polar surface area (TPSA) is 68.3 Å². The number of hydrogen-bond donors (Lipinski definition) is 3. The number of hydrogen-bond acceptors (Lipinski definition) is 7. The number of benzene rings is 2. The lowest BCUT2D eigenvalue weighted by molar-refractivity contribution is 0.405. The Balaban J connectivity index is 0.00000282. The third kappa shape index (κ3) is 8.48. The van der Waals surface area contributed by atoms with E-state index in [-0.39, 0.29) is 11.5 Å². The van der Waals surface area contributed by atoms with Crippen LogP contribution in [0.5, 0.6) is 0 Å². The van der Waals surface area contributed by atoms with E-state index in [9.17, 15) is 0 Å². The Bertz CT molecular complexity index is 1620. The summed E-state index contributed by atoms with van der Waals surface area (Å²) < 4.78 is 30.5. The van der Waals surface area contributed by atoms with Gasteiger partial charge in [0.2, 0.25) is 5.95 Å². The van der Waals surface area contributed by atoms with Crippen molar-refractivity contribution < 1.29 is 8.78 Å². The molecule has 3 N–H and O–H groups in total. The maximum Gasteiger partial charge on any atom is 0.225 e. The van der Waals surface area contributed by atoms with Gasteiger partial charge in [-0.2, -0.15) is 4.98 Å². The molecule has 0 atom stereocenters. The second-order valence-corrected chi connectivity index (χ2v) is 11.0. The van der Waals surface area contributed by atoms with E-state index in [1.165, 1.54) is 23.5 Å². The zero-order valence-electron chi connectivity index (χ0n) is 28.2. The van der Waals surface area contributed by atoms with Gasteiger partial charge >= 0.3 is 0 Å². The maximum absolute atomic E-state index is 15.3. The van der Waals surface area contributed by atoms with Crippen molar-refractivity contribution in [3.8, 4) is 11.3 Å². The number of halogens is 2. The number of rotatable bonds is 12. The zero-order valence-corrected chi connectivity index (χ0v) is 28.2. The Morgan fingerprint density at radius 3 is 2.41 bits per heavy atom. The molecule has 9 heteroatoms. The molecule has 2 heterocycles. The molecule has 7 nitrogen and oxygen atoms in total. The molecule has 0 radical (unpaired) electrons. The molecule has 244 valence electrons. The fourth-order valence-electron chi connectivity index (χ4n) is 4.86.